The Labute approximate surface area is 65.7 Å². The van der Waals surface area contributed by atoms with Crippen LogP contribution >= 0.6 is 0 Å². The zero-order chi connectivity index (χ0) is 9.02. The molecule has 4 heteroatoms. The van der Waals surface area contributed by atoms with Gasteiger partial charge in [0.25, 0.3) is 0 Å². The maximum absolute atomic E-state index is 10.9. The minimum atomic E-state index is -1.04. The van der Waals surface area contributed by atoms with Crippen LogP contribution in [-0.4, -0.2) is 12.1 Å². The fourth-order valence-corrected chi connectivity index (χ4v) is 0.464. The maximum atomic E-state index is 10.9. The molecule has 0 aliphatic rings. The van der Waals surface area contributed by atoms with Crippen molar-refractivity contribution >= 4 is 12.1 Å². The van der Waals surface area contributed by atoms with Crippen LogP contribution in [0, 0.1) is 11.8 Å². The van der Waals surface area contributed by atoms with E-state index in [1.165, 1.54) is 0 Å². The van der Waals surface area contributed by atoms with Crippen LogP contribution in [0.2, 0.25) is 0 Å². The minimum absolute atomic E-state index is 0.154. The molecule has 4 nitrogen and oxygen atoms in total. The lowest BCUT2D eigenvalue weighted by molar-refractivity contribution is -0.142. The molecule has 0 radical (unpaired) electrons. The number of nitrogens with two attached hydrogens (primary N) is 1. The molecule has 1 atom stereocenters. The molecule has 0 aliphatic carbocycles. The summed E-state index contributed by atoms with van der Waals surface area (Å²) in [6.45, 7) is 5.43. The molecule has 0 saturated heterocycles. The van der Waals surface area contributed by atoms with E-state index >= 15 is 0 Å². The highest BCUT2D eigenvalue weighted by Crippen LogP contribution is 2.10. The number of esters is 1. The number of primary amides is 1. The SMILES string of the molecule is CC(C)C(C)C(=O)OC(N)=O. The maximum Gasteiger partial charge on any atom is 0.412 e. The summed E-state index contributed by atoms with van der Waals surface area (Å²) in [6, 6.07) is 0. The van der Waals surface area contributed by atoms with Gasteiger partial charge in [-0.25, -0.2) is 4.79 Å². The minimum Gasteiger partial charge on any atom is -0.376 e. The zero-order valence-electron chi connectivity index (χ0n) is 6.96. The molecule has 2 N–H and O–H groups in total. The molecule has 1 amide bonds. The third-order valence-corrected chi connectivity index (χ3v) is 1.57. The monoisotopic (exact) mass is 159 g/mol. The Bertz CT molecular complexity index is 165. The number of ether oxygens (including phenoxy) is 1. The third kappa shape index (κ3) is 3.60. The summed E-state index contributed by atoms with van der Waals surface area (Å²) in [5.41, 5.74) is 4.65. The van der Waals surface area contributed by atoms with E-state index in [4.69, 9.17) is 0 Å². The lowest BCUT2D eigenvalue weighted by Crippen LogP contribution is -2.25. The van der Waals surface area contributed by atoms with E-state index in [2.05, 4.69) is 10.5 Å². The van der Waals surface area contributed by atoms with Crippen LogP contribution in [0.5, 0.6) is 0 Å². The second kappa shape index (κ2) is 3.95. The van der Waals surface area contributed by atoms with Gasteiger partial charge >= 0.3 is 12.1 Å². The highest BCUT2D eigenvalue weighted by molar-refractivity contribution is 5.84. The van der Waals surface area contributed by atoms with Crippen molar-refractivity contribution in [3.05, 3.63) is 0 Å². The Morgan fingerprint density at radius 2 is 1.73 bits per heavy atom. The summed E-state index contributed by atoms with van der Waals surface area (Å²) in [4.78, 5) is 21.0. The molecule has 0 aliphatic heterocycles. The van der Waals surface area contributed by atoms with Crippen molar-refractivity contribution in [3.63, 3.8) is 0 Å². The molecule has 0 saturated carbocycles. The highest BCUT2D eigenvalue weighted by atomic mass is 16.6. The summed E-state index contributed by atoms with van der Waals surface area (Å²) in [5, 5.41) is 0. The lowest BCUT2D eigenvalue weighted by atomic mass is 9.99. The molecule has 0 aromatic carbocycles. The second-order valence-corrected chi connectivity index (χ2v) is 2.77. The third-order valence-electron chi connectivity index (χ3n) is 1.57. The van der Waals surface area contributed by atoms with Gasteiger partial charge in [0, 0.05) is 0 Å². The normalized spacial score (nSPS) is 12.7. The molecule has 0 fully saturated rings. The number of amides is 1. The van der Waals surface area contributed by atoms with E-state index in [1.807, 2.05) is 13.8 Å². The predicted molar refractivity (Wildman–Crippen MR) is 39.7 cm³/mol. The molecule has 0 aromatic heterocycles. The first-order valence-corrected chi connectivity index (χ1v) is 3.46. The van der Waals surface area contributed by atoms with Gasteiger partial charge in [0.2, 0.25) is 0 Å². The summed E-state index contributed by atoms with van der Waals surface area (Å²) < 4.78 is 4.17. The van der Waals surface area contributed by atoms with Crippen LogP contribution in [0.1, 0.15) is 20.8 Å². The topological polar surface area (TPSA) is 69.4 Å². The van der Waals surface area contributed by atoms with E-state index in [0.29, 0.717) is 0 Å². The van der Waals surface area contributed by atoms with Gasteiger partial charge in [-0.1, -0.05) is 20.8 Å². The smallest absolute Gasteiger partial charge is 0.376 e. The first-order chi connectivity index (χ1) is 4.95. The summed E-state index contributed by atoms with van der Waals surface area (Å²) in [6.07, 6.45) is -1.04. The van der Waals surface area contributed by atoms with E-state index in [1.54, 1.807) is 6.92 Å². The van der Waals surface area contributed by atoms with Crippen LogP contribution in [-0.2, 0) is 9.53 Å². The molecular formula is C7H13NO3. The van der Waals surface area contributed by atoms with E-state index < -0.39 is 12.1 Å². The molecule has 64 valence electrons. The quantitative estimate of drug-likeness (QED) is 0.480. The molecular weight excluding hydrogens is 146 g/mol. The number of hydrogen-bond acceptors (Lipinski definition) is 3. The van der Waals surface area contributed by atoms with E-state index in [-0.39, 0.29) is 11.8 Å². The molecule has 0 heterocycles. The van der Waals surface area contributed by atoms with E-state index in [0.717, 1.165) is 0 Å². The average molecular weight is 159 g/mol. The van der Waals surface area contributed by atoms with Crippen molar-refractivity contribution in [2.24, 2.45) is 17.6 Å². The van der Waals surface area contributed by atoms with Crippen molar-refractivity contribution in [1.82, 2.24) is 0 Å². The Morgan fingerprint density at radius 1 is 1.27 bits per heavy atom. The van der Waals surface area contributed by atoms with Crippen LogP contribution in [0.25, 0.3) is 0 Å². The summed E-state index contributed by atoms with van der Waals surface area (Å²) >= 11 is 0. The number of rotatable bonds is 2. The van der Waals surface area contributed by atoms with Gasteiger partial charge in [0.05, 0.1) is 5.92 Å². The van der Waals surface area contributed by atoms with Gasteiger partial charge in [-0.3, -0.25) is 4.79 Å². The largest absolute Gasteiger partial charge is 0.412 e. The van der Waals surface area contributed by atoms with Crippen molar-refractivity contribution in [1.29, 1.82) is 0 Å². The van der Waals surface area contributed by atoms with Gasteiger partial charge in [0.1, 0.15) is 0 Å². The van der Waals surface area contributed by atoms with Crippen molar-refractivity contribution < 1.29 is 14.3 Å². The van der Waals surface area contributed by atoms with Gasteiger partial charge in [-0.15, -0.1) is 0 Å². The fraction of sp³-hybridized carbons (Fsp3) is 0.714. The number of carbonyl (C=O) groups is 2. The molecule has 11 heavy (non-hydrogen) atoms. The van der Waals surface area contributed by atoms with Crippen molar-refractivity contribution in [2.75, 3.05) is 0 Å². The molecule has 0 spiro atoms. The molecule has 0 rings (SSSR count). The van der Waals surface area contributed by atoms with Gasteiger partial charge < -0.3 is 10.5 Å². The Balaban J connectivity index is 3.93. The van der Waals surface area contributed by atoms with Crippen LogP contribution in [0.15, 0.2) is 0 Å². The second-order valence-electron chi connectivity index (χ2n) is 2.77. The van der Waals surface area contributed by atoms with Crippen molar-refractivity contribution in [3.8, 4) is 0 Å². The van der Waals surface area contributed by atoms with Gasteiger partial charge in [0.15, 0.2) is 0 Å². The Kier molecular flexibility index (Phi) is 3.57. The van der Waals surface area contributed by atoms with Crippen LogP contribution in [0.4, 0.5) is 4.79 Å². The first-order valence-electron chi connectivity index (χ1n) is 3.46. The molecule has 1 unspecified atom stereocenters. The first kappa shape index (κ1) is 9.94. The fourth-order valence-electron chi connectivity index (χ4n) is 0.464. The zero-order valence-corrected chi connectivity index (χ0v) is 6.96. The number of hydrogen-bond donors (Lipinski definition) is 1. The number of carbonyl (C=O) groups excluding carboxylic acids is 2. The van der Waals surface area contributed by atoms with Gasteiger partial charge in [-0.2, -0.15) is 0 Å². The summed E-state index contributed by atoms with van der Waals surface area (Å²) in [7, 11) is 0. The highest BCUT2D eigenvalue weighted by Gasteiger charge is 2.19. The van der Waals surface area contributed by atoms with Crippen LogP contribution in [0.3, 0.4) is 0 Å². The lowest BCUT2D eigenvalue weighted by Gasteiger charge is -2.11. The van der Waals surface area contributed by atoms with Crippen LogP contribution < -0.4 is 5.73 Å². The molecule has 0 aromatic rings. The average Bonchev–Trinajstić information content (AvgIpc) is 1.84. The standard InChI is InChI=1S/C7H13NO3/c1-4(2)5(3)6(9)11-7(8)10/h4-5H,1-3H3,(H2,8,10). The Morgan fingerprint density at radius 3 is 2.00 bits per heavy atom. The van der Waals surface area contributed by atoms with E-state index in [9.17, 15) is 9.59 Å². The van der Waals surface area contributed by atoms with Gasteiger partial charge in [-0.05, 0) is 5.92 Å². The summed E-state index contributed by atoms with van der Waals surface area (Å²) in [5.74, 6) is -0.697. The predicted octanol–water partition coefficient (Wildman–Crippen LogP) is 0.900. The Hall–Kier alpha value is -1.06. The molecule has 0 bridgehead atoms. The van der Waals surface area contributed by atoms with Crippen molar-refractivity contribution in [2.45, 2.75) is 20.8 Å².